The summed E-state index contributed by atoms with van der Waals surface area (Å²) in [5.74, 6) is 0. The van der Waals surface area contributed by atoms with Crippen molar-refractivity contribution in [2.24, 2.45) is 10.1 Å². The average molecular weight is 410 g/mol. The van der Waals surface area contributed by atoms with Crippen molar-refractivity contribution in [1.29, 1.82) is 0 Å². The van der Waals surface area contributed by atoms with Crippen LogP contribution in [-0.2, 0) is 0 Å². The van der Waals surface area contributed by atoms with Gasteiger partial charge in [-0.15, -0.1) is 0 Å². The molecule has 3 nitrogen and oxygen atoms in total. The highest BCUT2D eigenvalue weighted by Crippen LogP contribution is 2.23. The molecule has 1 aromatic rings. The van der Waals surface area contributed by atoms with E-state index in [9.17, 15) is 0 Å². The van der Waals surface area contributed by atoms with Gasteiger partial charge in [0.1, 0.15) is 5.16 Å². The molecule has 0 radical (unpaired) electrons. The van der Waals surface area contributed by atoms with E-state index >= 15 is 0 Å². The Morgan fingerprint density at radius 1 is 1.38 bits per heavy atom. The lowest BCUT2D eigenvalue weighted by atomic mass is 10.1. The van der Waals surface area contributed by atoms with Crippen LogP contribution < -0.4 is 0 Å². The van der Waals surface area contributed by atoms with Gasteiger partial charge in [0.25, 0.3) is 0 Å². The summed E-state index contributed by atoms with van der Waals surface area (Å²) in [7, 11) is 3.37. The van der Waals surface area contributed by atoms with Gasteiger partial charge in [-0.1, -0.05) is 41.4 Å². The van der Waals surface area contributed by atoms with Gasteiger partial charge in [-0.2, -0.15) is 5.10 Å². The standard InChI is InChI=1S/C14H13BrCl3N3/c1-9(15)8-20-21(3)14(18)7-13(19-2)11-5-4-10(16)6-12(11)17/h4-8H,1H2,2-3H3/b14-7-,19-13+,20-8-. The van der Waals surface area contributed by atoms with Crippen molar-refractivity contribution >= 4 is 62.7 Å². The summed E-state index contributed by atoms with van der Waals surface area (Å²) >= 11 is 21.4. The lowest BCUT2D eigenvalue weighted by Gasteiger charge is -2.12. The molecule has 0 saturated carbocycles. The van der Waals surface area contributed by atoms with Gasteiger partial charge in [-0.25, -0.2) is 0 Å². The van der Waals surface area contributed by atoms with Gasteiger partial charge in [-0.05, 0) is 34.1 Å². The third-order valence-corrected chi connectivity index (χ3v) is 3.49. The summed E-state index contributed by atoms with van der Waals surface area (Å²) in [6.45, 7) is 3.66. The first-order valence-corrected chi connectivity index (χ1v) is 7.69. The lowest BCUT2D eigenvalue weighted by Crippen LogP contribution is -2.09. The fourth-order valence-electron chi connectivity index (χ4n) is 1.37. The maximum absolute atomic E-state index is 6.20. The molecule has 0 spiro atoms. The van der Waals surface area contributed by atoms with Crippen molar-refractivity contribution in [3.63, 3.8) is 0 Å². The lowest BCUT2D eigenvalue weighted by molar-refractivity contribution is 0.479. The molecular weight excluding hydrogens is 396 g/mol. The van der Waals surface area contributed by atoms with Crippen LogP contribution in [0.5, 0.6) is 0 Å². The maximum atomic E-state index is 6.20. The number of nitrogens with zero attached hydrogens (tertiary/aromatic N) is 3. The van der Waals surface area contributed by atoms with E-state index in [4.69, 9.17) is 34.8 Å². The molecule has 1 aromatic carbocycles. The van der Waals surface area contributed by atoms with Crippen LogP contribution in [0, 0.1) is 0 Å². The van der Waals surface area contributed by atoms with Crippen molar-refractivity contribution in [2.75, 3.05) is 14.1 Å². The first kappa shape index (κ1) is 18.2. The van der Waals surface area contributed by atoms with Crippen LogP contribution in [0.1, 0.15) is 5.56 Å². The molecule has 0 aliphatic carbocycles. The average Bonchev–Trinajstić information content (AvgIpc) is 2.42. The van der Waals surface area contributed by atoms with Gasteiger partial charge in [0, 0.05) is 35.2 Å². The van der Waals surface area contributed by atoms with Crippen LogP contribution in [0.4, 0.5) is 0 Å². The Hall–Kier alpha value is -0.810. The van der Waals surface area contributed by atoms with Crippen molar-refractivity contribution < 1.29 is 0 Å². The zero-order chi connectivity index (χ0) is 16.0. The van der Waals surface area contributed by atoms with Gasteiger partial charge < -0.3 is 0 Å². The highest BCUT2D eigenvalue weighted by Gasteiger charge is 2.08. The van der Waals surface area contributed by atoms with Crippen LogP contribution in [0.2, 0.25) is 10.0 Å². The number of aliphatic imine (C=N–C) groups is 1. The molecule has 0 aliphatic rings. The highest BCUT2D eigenvalue weighted by atomic mass is 79.9. The maximum Gasteiger partial charge on any atom is 0.127 e. The summed E-state index contributed by atoms with van der Waals surface area (Å²) < 4.78 is 0.643. The number of halogens is 4. The molecule has 0 bridgehead atoms. The molecule has 7 heteroatoms. The molecule has 0 saturated heterocycles. The minimum Gasteiger partial charge on any atom is -0.288 e. The summed E-state index contributed by atoms with van der Waals surface area (Å²) in [6, 6.07) is 5.19. The zero-order valence-electron chi connectivity index (χ0n) is 11.4. The Morgan fingerprint density at radius 3 is 2.57 bits per heavy atom. The summed E-state index contributed by atoms with van der Waals surface area (Å²) in [5, 5.41) is 7.03. The van der Waals surface area contributed by atoms with Crippen molar-refractivity contribution in [3.05, 3.63) is 56.1 Å². The molecular formula is C14H13BrCl3N3. The summed E-state index contributed by atoms with van der Waals surface area (Å²) in [4.78, 5) is 4.19. The largest absolute Gasteiger partial charge is 0.288 e. The Morgan fingerprint density at radius 2 is 2.05 bits per heavy atom. The molecule has 0 heterocycles. The van der Waals surface area contributed by atoms with E-state index in [1.807, 2.05) is 0 Å². The topological polar surface area (TPSA) is 28.0 Å². The second-order valence-corrected chi connectivity index (χ2v) is 6.16. The zero-order valence-corrected chi connectivity index (χ0v) is 15.3. The molecule has 0 atom stereocenters. The van der Waals surface area contributed by atoms with Gasteiger partial charge >= 0.3 is 0 Å². The third kappa shape index (κ3) is 5.83. The van der Waals surface area contributed by atoms with E-state index < -0.39 is 0 Å². The molecule has 0 N–H and O–H groups in total. The SMILES string of the molecule is C=C(Br)/C=N\N(C)/C(Cl)=C\C(=N/C)c1ccc(Cl)cc1Cl. The number of hydrazone groups is 1. The third-order valence-electron chi connectivity index (χ3n) is 2.38. The summed E-state index contributed by atoms with van der Waals surface area (Å²) in [5.41, 5.74) is 1.37. The Kier molecular flexibility index (Phi) is 7.46. The summed E-state index contributed by atoms with van der Waals surface area (Å²) in [6.07, 6.45) is 3.21. The minimum absolute atomic E-state index is 0.381. The second kappa shape index (κ2) is 8.59. The number of hydrogen-bond acceptors (Lipinski definition) is 3. The number of allylic oxidation sites excluding steroid dienone is 2. The molecule has 0 fully saturated rings. The predicted octanol–water partition coefficient (Wildman–Crippen LogP) is 5.32. The molecule has 112 valence electrons. The Labute approximate surface area is 147 Å². The number of hydrogen-bond donors (Lipinski definition) is 0. The minimum atomic E-state index is 0.381. The van der Waals surface area contributed by atoms with Crippen LogP contribution in [0.25, 0.3) is 0 Å². The fourth-order valence-corrected chi connectivity index (χ4v) is 2.11. The quantitative estimate of drug-likeness (QED) is 0.368. The Bertz CT molecular complexity index is 624. The van der Waals surface area contributed by atoms with Gasteiger partial charge in [-0.3, -0.25) is 10.0 Å². The predicted molar refractivity (Wildman–Crippen MR) is 97.2 cm³/mol. The van der Waals surface area contributed by atoms with Crippen LogP contribution in [-0.4, -0.2) is 31.0 Å². The molecule has 0 aliphatic heterocycles. The van der Waals surface area contributed by atoms with Crippen molar-refractivity contribution in [3.8, 4) is 0 Å². The van der Waals surface area contributed by atoms with E-state index in [1.54, 1.807) is 38.4 Å². The smallest absolute Gasteiger partial charge is 0.127 e. The van der Waals surface area contributed by atoms with Crippen LogP contribution in [0.3, 0.4) is 0 Å². The first-order chi connectivity index (χ1) is 9.85. The molecule has 21 heavy (non-hydrogen) atoms. The van der Waals surface area contributed by atoms with E-state index in [0.29, 0.717) is 25.4 Å². The van der Waals surface area contributed by atoms with Crippen molar-refractivity contribution in [1.82, 2.24) is 5.01 Å². The van der Waals surface area contributed by atoms with Gasteiger partial charge in [0.05, 0.1) is 16.9 Å². The highest BCUT2D eigenvalue weighted by molar-refractivity contribution is 9.12. The van der Waals surface area contributed by atoms with E-state index in [-0.39, 0.29) is 0 Å². The van der Waals surface area contributed by atoms with Gasteiger partial charge in [0.2, 0.25) is 0 Å². The number of benzene rings is 1. The molecule has 1 rings (SSSR count). The van der Waals surface area contributed by atoms with Crippen LogP contribution in [0.15, 0.2) is 50.6 Å². The first-order valence-electron chi connectivity index (χ1n) is 5.76. The normalized spacial score (nSPS) is 12.9. The Balaban J connectivity index is 3.06. The number of rotatable bonds is 5. The van der Waals surface area contributed by atoms with Gasteiger partial charge in [0.15, 0.2) is 0 Å². The van der Waals surface area contributed by atoms with E-state index in [0.717, 1.165) is 5.56 Å². The van der Waals surface area contributed by atoms with Crippen molar-refractivity contribution in [2.45, 2.75) is 0 Å². The molecule has 0 unspecified atom stereocenters. The second-order valence-electron chi connectivity index (χ2n) is 3.92. The fraction of sp³-hybridized carbons (Fsp3) is 0.143. The monoisotopic (exact) mass is 407 g/mol. The van der Waals surface area contributed by atoms with Crippen LogP contribution >= 0.6 is 50.7 Å². The van der Waals surface area contributed by atoms with E-state index in [2.05, 4.69) is 32.6 Å². The molecule has 0 aromatic heterocycles. The molecule has 0 amide bonds. The van der Waals surface area contributed by atoms with E-state index in [1.165, 1.54) is 11.2 Å².